The van der Waals surface area contributed by atoms with Crippen LogP contribution in [0.25, 0.3) is 11.3 Å². The molecular formula is C11H8ClNO4. The van der Waals surface area contributed by atoms with Gasteiger partial charge in [0.15, 0.2) is 11.5 Å². The van der Waals surface area contributed by atoms with E-state index < -0.39 is 5.97 Å². The first kappa shape index (κ1) is 11.5. The lowest BCUT2D eigenvalue weighted by Crippen LogP contribution is -1.94. The first-order valence-electron chi connectivity index (χ1n) is 4.69. The van der Waals surface area contributed by atoms with Crippen LogP contribution in [-0.2, 0) is 0 Å². The van der Waals surface area contributed by atoms with Crippen molar-refractivity contribution in [2.75, 3.05) is 0 Å². The standard InChI is InChI=1S/C11H8ClNO4/c1-5-2-3-6(12)9(10(5)14)8-4-7(11(15)16)13-17-8/h2-4,14H,1H3,(H,15,16). The zero-order valence-electron chi connectivity index (χ0n) is 8.77. The average Bonchev–Trinajstić information content (AvgIpc) is 2.73. The van der Waals surface area contributed by atoms with Gasteiger partial charge in [0.1, 0.15) is 5.75 Å². The number of aromatic hydroxyl groups is 1. The number of phenols is 1. The number of carboxylic acids is 1. The Bertz CT molecular complexity index is 591. The van der Waals surface area contributed by atoms with Crippen molar-refractivity contribution in [3.05, 3.63) is 34.5 Å². The zero-order valence-corrected chi connectivity index (χ0v) is 9.52. The van der Waals surface area contributed by atoms with Crippen LogP contribution >= 0.6 is 11.6 Å². The van der Waals surface area contributed by atoms with Crippen LogP contribution in [-0.4, -0.2) is 21.3 Å². The number of phenolic OH excluding ortho intramolecular Hbond substituents is 1. The molecule has 0 aliphatic heterocycles. The van der Waals surface area contributed by atoms with E-state index in [2.05, 4.69) is 5.16 Å². The number of aromatic nitrogens is 1. The predicted molar refractivity (Wildman–Crippen MR) is 60.3 cm³/mol. The van der Waals surface area contributed by atoms with Gasteiger partial charge in [0.25, 0.3) is 0 Å². The van der Waals surface area contributed by atoms with Gasteiger partial charge in [-0.05, 0) is 18.6 Å². The molecule has 0 aliphatic rings. The molecule has 0 radical (unpaired) electrons. The molecule has 1 heterocycles. The summed E-state index contributed by atoms with van der Waals surface area (Å²) in [5.74, 6) is -1.14. The third-order valence-corrected chi connectivity index (χ3v) is 2.62. The highest BCUT2D eigenvalue weighted by molar-refractivity contribution is 6.33. The number of rotatable bonds is 2. The lowest BCUT2D eigenvalue weighted by Gasteiger charge is -2.05. The van der Waals surface area contributed by atoms with Gasteiger partial charge < -0.3 is 14.7 Å². The number of hydrogen-bond donors (Lipinski definition) is 2. The van der Waals surface area contributed by atoms with Crippen molar-refractivity contribution in [2.45, 2.75) is 6.92 Å². The van der Waals surface area contributed by atoms with Gasteiger partial charge in [-0.1, -0.05) is 22.8 Å². The number of carboxylic acid groups (broad SMARTS) is 1. The van der Waals surface area contributed by atoms with Crippen molar-refractivity contribution in [1.29, 1.82) is 0 Å². The Labute approximate surface area is 101 Å². The van der Waals surface area contributed by atoms with Crippen molar-refractivity contribution in [3.8, 4) is 17.1 Å². The van der Waals surface area contributed by atoms with Gasteiger partial charge in [-0.25, -0.2) is 4.79 Å². The van der Waals surface area contributed by atoms with Crippen LogP contribution in [0.4, 0.5) is 0 Å². The summed E-state index contributed by atoms with van der Waals surface area (Å²) in [7, 11) is 0. The molecule has 1 aromatic carbocycles. The number of aromatic carboxylic acids is 1. The summed E-state index contributed by atoms with van der Waals surface area (Å²) in [6, 6.07) is 4.45. The van der Waals surface area contributed by atoms with Crippen LogP contribution in [0.1, 0.15) is 16.1 Å². The monoisotopic (exact) mass is 253 g/mol. The average molecular weight is 254 g/mol. The van der Waals surface area contributed by atoms with Gasteiger partial charge in [0.05, 0.1) is 10.6 Å². The molecule has 5 nitrogen and oxygen atoms in total. The molecule has 88 valence electrons. The molecular weight excluding hydrogens is 246 g/mol. The first-order chi connectivity index (χ1) is 8.00. The molecule has 2 N–H and O–H groups in total. The highest BCUT2D eigenvalue weighted by Gasteiger charge is 2.18. The molecule has 17 heavy (non-hydrogen) atoms. The van der Waals surface area contributed by atoms with Gasteiger partial charge in [-0.2, -0.15) is 0 Å². The third kappa shape index (κ3) is 1.97. The van der Waals surface area contributed by atoms with E-state index in [4.69, 9.17) is 21.2 Å². The summed E-state index contributed by atoms with van der Waals surface area (Å²) in [5, 5.41) is 22.2. The summed E-state index contributed by atoms with van der Waals surface area (Å²) in [4.78, 5) is 10.7. The second-order valence-corrected chi connectivity index (χ2v) is 3.88. The Morgan fingerprint density at radius 3 is 2.76 bits per heavy atom. The number of aryl methyl sites for hydroxylation is 1. The maximum atomic E-state index is 10.7. The van der Waals surface area contributed by atoms with E-state index in [1.807, 2.05) is 0 Å². The summed E-state index contributed by atoms with van der Waals surface area (Å²) >= 11 is 5.93. The third-order valence-electron chi connectivity index (χ3n) is 2.30. The Hall–Kier alpha value is -2.01. The Kier molecular flexibility index (Phi) is 2.77. The lowest BCUT2D eigenvalue weighted by atomic mass is 10.1. The SMILES string of the molecule is Cc1ccc(Cl)c(-c2cc(C(=O)O)no2)c1O. The Morgan fingerprint density at radius 1 is 1.47 bits per heavy atom. The quantitative estimate of drug-likeness (QED) is 0.860. The highest BCUT2D eigenvalue weighted by Crippen LogP contribution is 2.38. The van der Waals surface area contributed by atoms with Crippen molar-refractivity contribution in [2.24, 2.45) is 0 Å². The Balaban J connectivity index is 2.60. The minimum atomic E-state index is -1.21. The molecule has 1 aromatic heterocycles. The van der Waals surface area contributed by atoms with Crippen LogP contribution in [0, 0.1) is 6.92 Å². The topological polar surface area (TPSA) is 83.6 Å². The molecule has 0 aliphatic carbocycles. The molecule has 0 bridgehead atoms. The number of halogens is 1. The van der Waals surface area contributed by atoms with E-state index in [0.717, 1.165) is 0 Å². The van der Waals surface area contributed by atoms with E-state index in [9.17, 15) is 9.90 Å². The van der Waals surface area contributed by atoms with Gasteiger partial charge in [0.2, 0.25) is 0 Å². The smallest absolute Gasteiger partial charge is 0.358 e. The molecule has 6 heteroatoms. The first-order valence-corrected chi connectivity index (χ1v) is 5.07. The number of hydrogen-bond acceptors (Lipinski definition) is 4. The minimum absolute atomic E-state index is 0.0504. The fourth-order valence-corrected chi connectivity index (χ4v) is 1.64. The lowest BCUT2D eigenvalue weighted by molar-refractivity contribution is 0.0686. The second-order valence-electron chi connectivity index (χ2n) is 3.47. The van der Waals surface area contributed by atoms with Crippen molar-refractivity contribution in [3.63, 3.8) is 0 Å². The molecule has 2 aromatic rings. The summed E-state index contributed by atoms with van der Waals surface area (Å²) < 4.78 is 4.85. The molecule has 2 rings (SSSR count). The number of carbonyl (C=O) groups is 1. The normalized spacial score (nSPS) is 10.5. The van der Waals surface area contributed by atoms with E-state index in [1.165, 1.54) is 6.07 Å². The van der Waals surface area contributed by atoms with E-state index >= 15 is 0 Å². The highest BCUT2D eigenvalue weighted by atomic mass is 35.5. The van der Waals surface area contributed by atoms with Crippen LogP contribution in [0.2, 0.25) is 5.02 Å². The van der Waals surface area contributed by atoms with E-state index in [0.29, 0.717) is 5.56 Å². The molecule has 0 saturated heterocycles. The van der Waals surface area contributed by atoms with Gasteiger partial charge in [0, 0.05) is 6.07 Å². The Morgan fingerprint density at radius 2 is 2.18 bits per heavy atom. The molecule has 0 atom stereocenters. The van der Waals surface area contributed by atoms with Crippen molar-refractivity contribution in [1.82, 2.24) is 5.16 Å². The van der Waals surface area contributed by atoms with Gasteiger partial charge >= 0.3 is 5.97 Å². The molecule has 0 saturated carbocycles. The largest absolute Gasteiger partial charge is 0.507 e. The summed E-state index contributed by atoms with van der Waals surface area (Å²) in [6.07, 6.45) is 0. The van der Waals surface area contributed by atoms with Crippen LogP contribution < -0.4 is 0 Å². The van der Waals surface area contributed by atoms with Crippen molar-refractivity contribution >= 4 is 17.6 Å². The van der Waals surface area contributed by atoms with Crippen LogP contribution in [0.15, 0.2) is 22.7 Å². The second kappa shape index (κ2) is 4.10. The van der Waals surface area contributed by atoms with Crippen LogP contribution in [0.3, 0.4) is 0 Å². The number of nitrogens with zero attached hydrogens (tertiary/aromatic N) is 1. The van der Waals surface area contributed by atoms with E-state index in [-0.39, 0.29) is 27.8 Å². The summed E-state index contributed by atoms with van der Waals surface area (Å²) in [5.41, 5.74) is 0.612. The predicted octanol–water partition coefficient (Wildman–Crippen LogP) is 2.71. The summed E-state index contributed by atoms with van der Waals surface area (Å²) in [6.45, 7) is 1.70. The fraction of sp³-hybridized carbons (Fsp3) is 0.0909. The van der Waals surface area contributed by atoms with E-state index in [1.54, 1.807) is 19.1 Å². The minimum Gasteiger partial charge on any atom is -0.507 e. The zero-order chi connectivity index (χ0) is 12.6. The number of benzene rings is 1. The van der Waals surface area contributed by atoms with Crippen molar-refractivity contribution < 1.29 is 19.5 Å². The molecule has 0 unspecified atom stereocenters. The molecule has 0 spiro atoms. The maximum Gasteiger partial charge on any atom is 0.358 e. The maximum absolute atomic E-state index is 10.7. The molecule has 0 fully saturated rings. The van der Waals surface area contributed by atoms with Gasteiger partial charge in [-0.3, -0.25) is 0 Å². The van der Waals surface area contributed by atoms with Gasteiger partial charge in [-0.15, -0.1) is 0 Å². The molecule has 0 amide bonds. The van der Waals surface area contributed by atoms with Crippen LogP contribution in [0.5, 0.6) is 5.75 Å². The fourth-order valence-electron chi connectivity index (χ4n) is 1.40.